The molecule has 0 aromatic heterocycles. The number of rotatable bonds is 7. The molecule has 0 amide bonds. The fourth-order valence-corrected chi connectivity index (χ4v) is 2.66. The van der Waals surface area contributed by atoms with Crippen LogP contribution in [0.4, 0.5) is 0 Å². The van der Waals surface area contributed by atoms with E-state index in [1.807, 2.05) is 7.11 Å². The summed E-state index contributed by atoms with van der Waals surface area (Å²) in [5.41, 5.74) is 0. The van der Waals surface area contributed by atoms with Gasteiger partial charge in [0.2, 0.25) is 0 Å². The Morgan fingerprint density at radius 1 is 1.27 bits per heavy atom. The van der Waals surface area contributed by atoms with Crippen LogP contribution in [0.5, 0.6) is 0 Å². The lowest BCUT2D eigenvalue weighted by atomic mass is 10.3. The van der Waals surface area contributed by atoms with Crippen molar-refractivity contribution in [3.8, 4) is 0 Å². The predicted octanol–water partition coefficient (Wildman–Crippen LogP) is 1.65. The number of hydrogen-bond donors (Lipinski definition) is 1. The second-order valence-corrected chi connectivity index (χ2v) is 5.25. The summed E-state index contributed by atoms with van der Waals surface area (Å²) in [7, 11) is 0.830. The molecule has 0 rings (SSSR count). The van der Waals surface area contributed by atoms with E-state index in [1.54, 1.807) is 0 Å². The predicted molar refractivity (Wildman–Crippen MR) is 52.2 cm³/mol. The summed E-state index contributed by atoms with van der Waals surface area (Å²) in [5.74, 6) is 0. The van der Waals surface area contributed by atoms with Gasteiger partial charge in [-0.3, -0.25) is 0 Å². The van der Waals surface area contributed by atoms with E-state index in [-0.39, 0.29) is 0 Å². The van der Waals surface area contributed by atoms with Crippen LogP contribution in [0, 0.1) is 0 Å². The van der Waals surface area contributed by atoms with Gasteiger partial charge in [-0.2, -0.15) is 0 Å². The maximum Gasteiger partial charge on any atom is 0.251 e. The molecule has 0 bridgehead atoms. The van der Waals surface area contributed by atoms with Gasteiger partial charge in [-0.05, 0) is 19.0 Å². The molecule has 0 radical (unpaired) electrons. The van der Waals surface area contributed by atoms with Gasteiger partial charge < -0.3 is 9.41 Å². The van der Waals surface area contributed by atoms with Crippen molar-refractivity contribution in [2.24, 2.45) is 0 Å². The van der Waals surface area contributed by atoms with Crippen molar-refractivity contribution in [1.29, 1.82) is 0 Å². The topological polar surface area (TPSA) is 21.3 Å². The molecule has 0 aromatic rings. The van der Waals surface area contributed by atoms with E-state index in [9.17, 15) is 0 Å². The molecule has 0 aliphatic carbocycles. The van der Waals surface area contributed by atoms with E-state index in [0.717, 1.165) is 6.54 Å². The first-order valence-corrected chi connectivity index (χ1v) is 6.47. The summed E-state index contributed by atoms with van der Waals surface area (Å²) in [6.45, 7) is 5.56. The average Bonchev–Trinajstić information content (AvgIpc) is 2.03. The van der Waals surface area contributed by atoms with Crippen molar-refractivity contribution in [2.75, 3.05) is 13.7 Å². The van der Waals surface area contributed by atoms with Gasteiger partial charge >= 0.3 is 0 Å². The second kappa shape index (κ2) is 8.24. The quantitative estimate of drug-likeness (QED) is 0.469. The summed E-state index contributed by atoms with van der Waals surface area (Å²) in [5, 5.41) is 0. The molecule has 1 N–H and O–H groups in total. The SMILES string of the molecule is CCCCN[SiH](CCC)OC. The molecule has 0 aliphatic heterocycles. The summed E-state index contributed by atoms with van der Waals surface area (Å²) >= 11 is 0. The average molecular weight is 175 g/mol. The molecule has 1 unspecified atom stereocenters. The Morgan fingerprint density at radius 3 is 2.45 bits per heavy atom. The minimum Gasteiger partial charge on any atom is -0.409 e. The minimum atomic E-state index is -0.995. The molecule has 0 fully saturated rings. The fraction of sp³-hybridized carbons (Fsp3) is 1.00. The lowest BCUT2D eigenvalue weighted by molar-refractivity contribution is 0.404. The van der Waals surface area contributed by atoms with Crippen LogP contribution in [0.3, 0.4) is 0 Å². The Labute approximate surface area is 72.1 Å². The highest BCUT2D eigenvalue weighted by Gasteiger charge is 2.06. The van der Waals surface area contributed by atoms with E-state index in [1.165, 1.54) is 25.3 Å². The van der Waals surface area contributed by atoms with E-state index >= 15 is 0 Å². The summed E-state index contributed by atoms with van der Waals surface area (Å²) in [4.78, 5) is 3.49. The van der Waals surface area contributed by atoms with Crippen LogP contribution in [-0.2, 0) is 4.43 Å². The molecule has 0 spiro atoms. The molecule has 0 saturated heterocycles. The third-order valence-corrected chi connectivity index (χ3v) is 4.15. The molecule has 0 aromatic carbocycles. The Kier molecular flexibility index (Phi) is 8.34. The van der Waals surface area contributed by atoms with E-state index in [4.69, 9.17) is 4.43 Å². The van der Waals surface area contributed by atoms with Crippen LogP contribution in [0.25, 0.3) is 0 Å². The zero-order valence-corrected chi connectivity index (χ0v) is 9.18. The Hall–Kier alpha value is 0.137. The van der Waals surface area contributed by atoms with Gasteiger partial charge in [0, 0.05) is 7.11 Å². The van der Waals surface area contributed by atoms with Crippen molar-refractivity contribution in [1.82, 2.24) is 4.98 Å². The van der Waals surface area contributed by atoms with Gasteiger partial charge in [-0.15, -0.1) is 0 Å². The maximum absolute atomic E-state index is 5.37. The first-order chi connectivity index (χ1) is 5.35. The van der Waals surface area contributed by atoms with Gasteiger partial charge in [0.25, 0.3) is 9.20 Å². The van der Waals surface area contributed by atoms with Crippen molar-refractivity contribution in [3.63, 3.8) is 0 Å². The second-order valence-electron chi connectivity index (χ2n) is 2.82. The number of hydrogen-bond acceptors (Lipinski definition) is 2. The zero-order valence-electron chi connectivity index (χ0n) is 8.02. The highest BCUT2D eigenvalue weighted by molar-refractivity contribution is 6.48. The normalized spacial score (nSPS) is 13.4. The molecule has 11 heavy (non-hydrogen) atoms. The minimum absolute atomic E-state index is 0.995. The molecular weight excluding hydrogens is 154 g/mol. The lowest BCUT2D eigenvalue weighted by Crippen LogP contribution is -2.36. The molecule has 68 valence electrons. The summed E-state index contributed by atoms with van der Waals surface area (Å²) in [6, 6.07) is 1.25. The highest BCUT2D eigenvalue weighted by Crippen LogP contribution is 1.94. The highest BCUT2D eigenvalue weighted by atomic mass is 28.3. The monoisotopic (exact) mass is 175 g/mol. The van der Waals surface area contributed by atoms with Gasteiger partial charge in [0.05, 0.1) is 0 Å². The molecular formula is C8H21NOSi. The number of nitrogens with one attached hydrogen (secondary N) is 1. The Bertz CT molecular complexity index is 80.5. The van der Waals surface area contributed by atoms with E-state index in [0.29, 0.717) is 0 Å². The van der Waals surface area contributed by atoms with Crippen LogP contribution in [0.15, 0.2) is 0 Å². The Morgan fingerprint density at radius 2 is 2.00 bits per heavy atom. The summed E-state index contributed by atoms with van der Waals surface area (Å²) in [6.07, 6.45) is 3.78. The molecule has 0 aliphatic rings. The van der Waals surface area contributed by atoms with Gasteiger partial charge in [0.15, 0.2) is 0 Å². The molecule has 0 saturated carbocycles. The van der Waals surface area contributed by atoms with Gasteiger partial charge in [0.1, 0.15) is 0 Å². The van der Waals surface area contributed by atoms with Crippen LogP contribution in [-0.4, -0.2) is 22.9 Å². The smallest absolute Gasteiger partial charge is 0.251 e. The third-order valence-electron chi connectivity index (χ3n) is 1.74. The van der Waals surface area contributed by atoms with E-state index < -0.39 is 9.20 Å². The Balaban J connectivity index is 3.20. The largest absolute Gasteiger partial charge is 0.409 e. The van der Waals surface area contributed by atoms with Gasteiger partial charge in [-0.25, -0.2) is 0 Å². The molecule has 0 heterocycles. The first-order valence-electron chi connectivity index (χ1n) is 4.61. The maximum atomic E-state index is 5.37. The molecule has 3 heteroatoms. The van der Waals surface area contributed by atoms with Crippen molar-refractivity contribution >= 4 is 9.20 Å². The van der Waals surface area contributed by atoms with Crippen molar-refractivity contribution < 1.29 is 4.43 Å². The number of unbranched alkanes of at least 4 members (excludes halogenated alkanes) is 1. The van der Waals surface area contributed by atoms with Crippen LogP contribution in [0.2, 0.25) is 6.04 Å². The van der Waals surface area contributed by atoms with Crippen LogP contribution in [0.1, 0.15) is 33.1 Å². The first kappa shape index (κ1) is 11.1. The van der Waals surface area contributed by atoms with Crippen molar-refractivity contribution in [2.45, 2.75) is 39.2 Å². The molecule has 1 atom stereocenters. The molecule has 2 nitrogen and oxygen atoms in total. The fourth-order valence-electron chi connectivity index (χ4n) is 1.01. The standard InChI is InChI=1S/C8H21NOSi/c1-4-6-7-9-11(10-3)8-5-2/h9,11H,4-8H2,1-3H3. The summed E-state index contributed by atoms with van der Waals surface area (Å²) < 4.78 is 5.37. The lowest BCUT2D eigenvalue weighted by Gasteiger charge is -2.13. The third kappa shape index (κ3) is 6.53. The zero-order chi connectivity index (χ0) is 8.53. The van der Waals surface area contributed by atoms with Gasteiger partial charge in [-0.1, -0.05) is 26.7 Å². The van der Waals surface area contributed by atoms with Crippen LogP contribution >= 0.6 is 0 Å². The van der Waals surface area contributed by atoms with E-state index in [2.05, 4.69) is 18.8 Å². The van der Waals surface area contributed by atoms with Crippen LogP contribution < -0.4 is 4.98 Å². The van der Waals surface area contributed by atoms with Crippen molar-refractivity contribution in [3.05, 3.63) is 0 Å².